The molecule has 0 radical (unpaired) electrons. The number of carboxylic acids is 1. The Balaban J connectivity index is 2.62. The largest absolute Gasteiger partial charge is 0.480 e. The molecule has 0 aromatic carbocycles. The molecule has 0 bridgehead atoms. The second-order valence-corrected chi connectivity index (χ2v) is 4.80. The number of nitrogens with zero attached hydrogens (tertiary/aromatic N) is 2. The van der Waals surface area contributed by atoms with E-state index < -0.39 is 31.4 Å². The zero-order chi connectivity index (χ0) is 15.7. The molecule has 7 heteroatoms. The normalized spacial score (nSPS) is 13.9. The molecule has 0 saturated heterocycles. The number of aryl methyl sites for hydroxylation is 1. The summed E-state index contributed by atoms with van der Waals surface area (Å²) in [6, 6.07) is 0. The number of ether oxygens (including phenoxy) is 1. The zero-order valence-electron chi connectivity index (χ0n) is 12.1. The Morgan fingerprint density at radius 3 is 2.52 bits per heavy atom. The number of carbonyl (C=O) groups is 1. The number of aliphatic carboxylic acids is 1. The van der Waals surface area contributed by atoms with Crippen molar-refractivity contribution in [1.29, 1.82) is 0 Å². The van der Waals surface area contributed by atoms with E-state index in [1.54, 1.807) is 12.4 Å². The molecule has 0 spiro atoms. The van der Waals surface area contributed by atoms with Crippen molar-refractivity contribution in [3.05, 3.63) is 23.8 Å². The SMILES string of the molecule is CCCCc1cnc(C[C@@H](OCC(=O)O)[C@H](O)CO)cn1. The molecular formula is C14H22N2O5. The minimum atomic E-state index is -1.16. The molecule has 0 amide bonds. The summed E-state index contributed by atoms with van der Waals surface area (Å²) in [5.74, 6) is -1.13. The number of hydrogen-bond donors (Lipinski definition) is 3. The van der Waals surface area contributed by atoms with Crippen LogP contribution in [0.1, 0.15) is 31.2 Å². The maximum atomic E-state index is 10.5. The van der Waals surface area contributed by atoms with Gasteiger partial charge in [0, 0.05) is 18.8 Å². The highest BCUT2D eigenvalue weighted by Gasteiger charge is 2.21. The van der Waals surface area contributed by atoms with Crippen molar-refractivity contribution in [3.8, 4) is 0 Å². The molecular weight excluding hydrogens is 276 g/mol. The lowest BCUT2D eigenvalue weighted by Crippen LogP contribution is -2.35. The molecule has 0 aliphatic rings. The van der Waals surface area contributed by atoms with Gasteiger partial charge in [0.05, 0.1) is 24.1 Å². The molecule has 1 aromatic heterocycles. The summed E-state index contributed by atoms with van der Waals surface area (Å²) in [6.07, 6.45) is 4.45. The molecule has 1 aromatic rings. The first-order chi connectivity index (χ1) is 10.1. The zero-order valence-corrected chi connectivity index (χ0v) is 12.1. The number of aliphatic hydroxyl groups is 2. The lowest BCUT2D eigenvalue weighted by molar-refractivity contribution is -0.147. The maximum absolute atomic E-state index is 10.5. The first-order valence-corrected chi connectivity index (χ1v) is 6.99. The van der Waals surface area contributed by atoms with Crippen LogP contribution in [0.2, 0.25) is 0 Å². The summed E-state index contributed by atoms with van der Waals surface area (Å²) < 4.78 is 5.08. The van der Waals surface area contributed by atoms with Gasteiger partial charge < -0.3 is 20.1 Å². The van der Waals surface area contributed by atoms with Crippen LogP contribution in [0, 0.1) is 0 Å². The van der Waals surface area contributed by atoms with Crippen LogP contribution in [0.25, 0.3) is 0 Å². The lowest BCUT2D eigenvalue weighted by atomic mass is 10.1. The number of unbranched alkanes of at least 4 members (excludes halogenated alkanes) is 1. The Kier molecular flexibility index (Phi) is 7.81. The highest BCUT2D eigenvalue weighted by atomic mass is 16.5. The molecule has 0 aliphatic heterocycles. The van der Waals surface area contributed by atoms with Crippen molar-refractivity contribution in [3.63, 3.8) is 0 Å². The molecule has 0 unspecified atom stereocenters. The predicted octanol–water partition coefficient (Wildman–Crippen LogP) is 0.185. The van der Waals surface area contributed by atoms with Crippen LogP contribution in [0.4, 0.5) is 0 Å². The third-order valence-corrected chi connectivity index (χ3v) is 2.99. The molecule has 1 heterocycles. The molecule has 0 aliphatic carbocycles. The Morgan fingerprint density at radius 1 is 1.33 bits per heavy atom. The maximum Gasteiger partial charge on any atom is 0.329 e. The fourth-order valence-corrected chi connectivity index (χ4v) is 1.78. The van der Waals surface area contributed by atoms with Gasteiger partial charge in [0.1, 0.15) is 12.7 Å². The van der Waals surface area contributed by atoms with E-state index in [9.17, 15) is 9.90 Å². The van der Waals surface area contributed by atoms with E-state index in [0.29, 0.717) is 5.69 Å². The minimum Gasteiger partial charge on any atom is -0.480 e. The highest BCUT2D eigenvalue weighted by molar-refractivity contribution is 5.68. The monoisotopic (exact) mass is 298 g/mol. The van der Waals surface area contributed by atoms with Gasteiger partial charge in [-0.1, -0.05) is 13.3 Å². The van der Waals surface area contributed by atoms with Gasteiger partial charge >= 0.3 is 5.97 Å². The third-order valence-electron chi connectivity index (χ3n) is 2.99. The van der Waals surface area contributed by atoms with E-state index in [2.05, 4.69) is 16.9 Å². The Bertz CT molecular complexity index is 424. The van der Waals surface area contributed by atoms with Gasteiger partial charge in [0.2, 0.25) is 0 Å². The molecule has 3 N–H and O–H groups in total. The van der Waals surface area contributed by atoms with Gasteiger partial charge in [-0.25, -0.2) is 4.79 Å². The lowest BCUT2D eigenvalue weighted by Gasteiger charge is -2.20. The summed E-state index contributed by atoms with van der Waals surface area (Å²) in [5.41, 5.74) is 1.48. The third kappa shape index (κ3) is 6.61. The Labute approximate surface area is 123 Å². The topological polar surface area (TPSA) is 113 Å². The van der Waals surface area contributed by atoms with E-state index >= 15 is 0 Å². The van der Waals surface area contributed by atoms with Crippen molar-refractivity contribution in [2.45, 2.75) is 44.8 Å². The van der Waals surface area contributed by atoms with Crippen molar-refractivity contribution >= 4 is 5.97 Å². The van der Waals surface area contributed by atoms with Crippen LogP contribution in [-0.2, 0) is 22.4 Å². The molecule has 1 rings (SSSR count). The van der Waals surface area contributed by atoms with E-state index in [0.717, 1.165) is 25.0 Å². The fourth-order valence-electron chi connectivity index (χ4n) is 1.78. The van der Waals surface area contributed by atoms with E-state index in [4.69, 9.17) is 14.9 Å². The number of aromatic nitrogens is 2. The van der Waals surface area contributed by atoms with E-state index in [1.807, 2.05) is 0 Å². The number of hydrogen-bond acceptors (Lipinski definition) is 6. The van der Waals surface area contributed by atoms with Crippen molar-refractivity contribution < 1.29 is 24.9 Å². The number of carboxylic acid groups (broad SMARTS) is 1. The van der Waals surface area contributed by atoms with Crippen LogP contribution in [0.3, 0.4) is 0 Å². The molecule has 118 valence electrons. The van der Waals surface area contributed by atoms with Gasteiger partial charge in [-0.05, 0) is 12.8 Å². The molecule has 0 fully saturated rings. The second-order valence-electron chi connectivity index (χ2n) is 4.80. The van der Waals surface area contributed by atoms with Crippen LogP contribution in [0.15, 0.2) is 12.4 Å². The summed E-state index contributed by atoms with van der Waals surface area (Å²) >= 11 is 0. The Morgan fingerprint density at radius 2 is 2.00 bits per heavy atom. The van der Waals surface area contributed by atoms with Gasteiger partial charge in [-0.15, -0.1) is 0 Å². The molecule has 21 heavy (non-hydrogen) atoms. The molecule has 7 nitrogen and oxygen atoms in total. The summed E-state index contributed by atoms with van der Waals surface area (Å²) in [4.78, 5) is 19.0. The molecule has 2 atom stereocenters. The standard InChI is InChI=1S/C14H22N2O5/c1-2-3-4-10-6-16-11(7-15-10)5-13(12(18)8-17)21-9-14(19)20/h6-7,12-13,17-18H,2-5,8-9H2,1H3,(H,19,20)/t12-,13-/m1/s1. The van der Waals surface area contributed by atoms with Gasteiger partial charge in [0.25, 0.3) is 0 Å². The summed E-state index contributed by atoms with van der Waals surface area (Å²) in [7, 11) is 0. The number of aliphatic hydroxyl groups excluding tert-OH is 2. The van der Waals surface area contributed by atoms with Crippen molar-refractivity contribution in [2.24, 2.45) is 0 Å². The molecule has 0 saturated carbocycles. The predicted molar refractivity (Wildman–Crippen MR) is 74.8 cm³/mol. The fraction of sp³-hybridized carbons (Fsp3) is 0.643. The van der Waals surface area contributed by atoms with Crippen LogP contribution in [-0.4, -0.2) is 56.7 Å². The average Bonchev–Trinajstić information content (AvgIpc) is 2.49. The van der Waals surface area contributed by atoms with Gasteiger partial charge in [0.15, 0.2) is 0 Å². The van der Waals surface area contributed by atoms with E-state index in [-0.39, 0.29) is 6.42 Å². The van der Waals surface area contributed by atoms with Gasteiger partial charge in [-0.3, -0.25) is 9.97 Å². The minimum absolute atomic E-state index is 0.191. The van der Waals surface area contributed by atoms with Crippen LogP contribution < -0.4 is 0 Å². The van der Waals surface area contributed by atoms with Gasteiger partial charge in [-0.2, -0.15) is 0 Å². The quantitative estimate of drug-likeness (QED) is 0.565. The first-order valence-electron chi connectivity index (χ1n) is 6.99. The second kappa shape index (κ2) is 9.38. The first kappa shape index (κ1) is 17.5. The summed E-state index contributed by atoms with van der Waals surface area (Å²) in [6.45, 7) is 1.05. The van der Waals surface area contributed by atoms with Crippen molar-refractivity contribution in [1.82, 2.24) is 9.97 Å². The Hall–Kier alpha value is -1.57. The van der Waals surface area contributed by atoms with Crippen LogP contribution >= 0.6 is 0 Å². The van der Waals surface area contributed by atoms with Crippen molar-refractivity contribution in [2.75, 3.05) is 13.2 Å². The highest BCUT2D eigenvalue weighted by Crippen LogP contribution is 2.08. The smallest absolute Gasteiger partial charge is 0.329 e. The number of rotatable bonds is 10. The van der Waals surface area contributed by atoms with E-state index in [1.165, 1.54) is 0 Å². The van der Waals surface area contributed by atoms with Crippen LogP contribution in [0.5, 0.6) is 0 Å². The average molecular weight is 298 g/mol. The summed E-state index contributed by atoms with van der Waals surface area (Å²) in [5, 5.41) is 27.2.